The van der Waals surface area contributed by atoms with Crippen molar-refractivity contribution in [1.82, 2.24) is 20.2 Å². The number of aromatic nitrogens is 2. The molecule has 4 rings (SSSR count). The van der Waals surface area contributed by atoms with Crippen molar-refractivity contribution in [3.05, 3.63) is 12.4 Å². The van der Waals surface area contributed by atoms with Gasteiger partial charge in [-0.2, -0.15) is 9.97 Å². The number of esters is 1. The normalized spacial score (nSPS) is 44.8. The predicted octanol–water partition coefficient (Wildman–Crippen LogP) is 2.44. The van der Waals surface area contributed by atoms with Gasteiger partial charge in [0.15, 0.2) is 24.4 Å². The summed E-state index contributed by atoms with van der Waals surface area (Å²) in [4.78, 5) is 24.7. The fraction of sp³-hybridized carbons (Fsp3) is 0.881. The Hall–Kier alpha value is -2.29. The minimum atomic E-state index is -1.82. The second-order valence-electron chi connectivity index (χ2n) is 18.0. The summed E-state index contributed by atoms with van der Waals surface area (Å²) >= 11 is 0. The minimum absolute atomic E-state index is 0.120. The van der Waals surface area contributed by atoms with E-state index in [2.05, 4.69) is 15.3 Å². The highest BCUT2D eigenvalue weighted by molar-refractivity contribution is 5.73. The van der Waals surface area contributed by atoms with E-state index in [4.69, 9.17) is 37.9 Å². The van der Waals surface area contributed by atoms with Gasteiger partial charge in [-0.15, -0.1) is 0 Å². The second kappa shape index (κ2) is 20.3. The van der Waals surface area contributed by atoms with Gasteiger partial charge >= 0.3 is 12.0 Å². The van der Waals surface area contributed by atoms with E-state index in [9.17, 15) is 25.2 Å². The van der Waals surface area contributed by atoms with Gasteiger partial charge in [-0.3, -0.25) is 4.79 Å². The standard InChI is InChI=1S/C42H74N4O13/c1-15-30-42(10,51)34(47)26(6)46(12)21-22(2)17-40(8,50)36(59-38-33(29(43-11)16-23(3)54-38)56-28-19-44-39(52-13)45-20-28)24(4)32(25(5)37(49)57-30)58-31-18-41(9,53-14)35(48)27(7)55-31/h19-20,22-27,29-36,38,43,47-48,50-51H,15-18,21H2,1-14H3/t22-,23-,24+,25-,26-,27+,29+,30-,31+,32+,33-,34-,35+,36-,38+,40-,41-,42-/m1/s1. The van der Waals surface area contributed by atoms with Crippen LogP contribution in [-0.4, -0.2) is 166 Å². The van der Waals surface area contributed by atoms with Gasteiger partial charge in [0.2, 0.25) is 0 Å². The third kappa shape index (κ3) is 11.4. The molecule has 1 aromatic rings. The second-order valence-corrected chi connectivity index (χ2v) is 18.0. The quantitative estimate of drug-likeness (QED) is 0.214. The Morgan fingerprint density at radius 2 is 1.59 bits per heavy atom. The van der Waals surface area contributed by atoms with Crippen molar-refractivity contribution in [3.63, 3.8) is 0 Å². The van der Waals surface area contributed by atoms with E-state index in [1.807, 2.05) is 39.8 Å². The number of hydrogen-bond acceptors (Lipinski definition) is 17. The molecule has 0 bridgehead atoms. The minimum Gasteiger partial charge on any atom is -0.480 e. The highest BCUT2D eigenvalue weighted by atomic mass is 16.7. The molecule has 18 atom stereocenters. The number of carbonyl (C=O) groups excluding carboxylic acids is 1. The summed E-state index contributed by atoms with van der Waals surface area (Å²) in [5.41, 5.74) is -4.45. The van der Waals surface area contributed by atoms with E-state index in [-0.39, 0.29) is 43.3 Å². The van der Waals surface area contributed by atoms with E-state index < -0.39 is 96.0 Å². The van der Waals surface area contributed by atoms with Crippen LogP contribution in [-0.2, 0) is 33.2 Å². The van der Waals surface area contributed by atoms with Crippen molar-refractivity contribution in [1.29, 1.82) is 0 Å². The molecule has 3 saturated heterocycles. The Kier molecular flexibility index (Phi) is 17.0. The summed E-state index contributed by atoms with van der Waals surface area (Å²) in [6.45, 7) is 18.1. The molecule has 0 saturated carbocycles. The molecular formula is C42H74N4O13. The number of cyclic esters (lactones) is 1. The predicted molar refractivity (Wildman–Crippen MR) is 217 cm³/mol. The van der Waals surface area contributed by atoms with Crippen molar-refractivity contribution in [2.45, 2.75) is 185 Å². The van der Waals surface area contributed by atoms with E-state index in [1.165, 1.54) is 33.5 Å². The number of rotatable bonds is 10. The van der Waals surface area contributed by atoms with E-state index in [0.29, 0.717) is 18.7 Å². The molecule has 3 aliphatic heterocycles. The number of hydrogen-bond donors (Lipinski definition) is 5. The zero-order valence-electron chi connectivity index (χ0n) is 37.7. The van der Waals surface area contributed by atoms with Gasteiger partial charge in [-0.1, -0.05) is 20.8 Å². The number of nitrogens with one attached hydrogen (secondary N) is 1. The van der Waals surface area contributed by atoms with Crippen molar-refractivity contribution >= 4 is 5.97 Å². The Balaban J connectivity index is 1.85. The van der Waals surface area contributed by atoms with Gasteiger partial charge in [0.1, 0.15) is 23.9 Å². The Bertz CT molecular complexity index is 1470. The number of nitrogens with zero attached hydrogens (tertiary/aromatic N) is 3. The summed E-state index contributed by atoms with van der Waals surface area (Å²) < 4.78 is 50.1. The maximum atomic E-state index is 14.4. The molecule has 3 aliphatic rings. The zero-order chi connectivity index (χ0) is 44.2. The third-order valence-corrected chi connectivity index (χ3v) is 13.0. The molecule has 0 radical (unpaired) electrons. The molecule has 59 heavy (non-hydrogen) atoms. The lowest BCUT2D eigenvalue weighted by molar-refractivity contribution is -0.314. The summed E-state index contributed by atoms with van der Waals surface area (Å²) in [6.07, 6.45) is -5.03. The van der Waals surface area contributed by atoms with Gasteiger partial charge in [-0.25, -0.2) is 0 Å². The summed E-state index contributed by atoms with van der Waals surface area (Å²) in [5, 5.41) is 50.6. The van der Waals surface area contributed by atoms with E-state index in [1.54, 1.807) is 41.5 Å². The fourth-order valence-corrected chi connectivity index (χ4v) is 9.28. The van der Waals surface area contributed by atoms with Crippen LogP contribution in [0.4, 0.5) is 0 Å². The maximum absolute atomic E-state index is 14.4. The lowest BCUT2D eigenvalue weighted by Gasteiger charge is -2.48. The maximum Gasteiger partial charge on any atom is 0.316 e. The number of aliphatic hydroxyl groups is 4. The lowest BCUT2D eigenvalue weighted by Crippen LogP contribution is -2.61. The first-order valence-corrected chi connectivity index (χ1v) is 21.1. The molecule has 4 heterocycles. The molecule has 17 nitrogen and oxygen atoms in total. The van der Waals surface area contributed by atoms with Crippen LogP contribution in [0.5, 0.6) is 11.8 Å². The topological polar surface area (TPSA) is 213 Å². The van der Waals surface area contributed by atoms with Crippen molar-refractivity contribution in [3.8, 4) is 11.8 Å². The fourth-order valence-electron chi connectivity index (χ4n) is 9.28. The van der Waals surface area contributed by atoms with Gasteiger partial charge in [0.25, 0.3) is 0 Å². The lowest BCUT2D eigenvalue weighted by atomic mass is 9.77. The van der Waals surface area contributed by atoms with Crippen LogP contribution >= 0.6 is 0 Å². The molecule has 17 heteroatoms. The van der Waals surface area contributed by atoms with Crippen LogP contribution < -0.4 is 14.8 Å². The van der Waals surface area contributed by atoms with Crippen LogP contribution in [0, 0.1) is 17.8 Å². The first kappa shape index (κ1) is 49.4. The summed E-state index contributed by atoms with van der Waals surface area (Å²) in [6, 6.07) is -0.637. The SMILES string of the molecule is CC[C@H]1OC(=O)[C@H](C)[C@@H](O[C@H]2C[C@@](C)(OC)[C@@H](O)[C@H](C)O2)[C@H](C)[C@@H](O[C@@H]2O[C@H](C)C[C@H](NC)[C@H]2Oc2cnc(OC)nc2)[C@](C)(O)C[C@@H](C)CN(C)[C@H](C)[C@@H](O)[C@]1(C)O. The summed E-state index contributed by atoms with van der Waals surface area (Å²) in [7, 11) is 6.66. The molecule has 0 spiro atoms. The molecule has 0 aliphatic carbocycles. The monoisotopic (exact) mass is 843 g/mol. The van der Waals surface area contributed by atoms with E-state index in [0.717, 1.165) is 0 Å². The Morgan fingerprint density at radius 1 is 0.949 bits per heavy atom. The van der Waals surface area contributed by atoms with Gasteiger partial charge < -0.3 is 68.5 Å². The molecule has 0 aromatic carbocycles. The number of carbonyl (C=O) groups is 1. The molecule has 340 valence electrons. The number of ether oxygens (including phenoxy) is 8. The average molecular weight is 843 g/mol. The van der Waals surface area contributed by atoms with Crippen molar-refractivity contribution < 1.29 is 63.1 Å². The van der Waals surface area contributed by atoms with Crippen molar-refractivity contribution in [2.24, 2.45) is 17.8 Å². The number of aliphatic hydroxyl groups excluding tert-OH is 2. The molecule has 3 fully saturated rings. The smallest absolute Gasteiger partial charge is 0.316 e. The summed E-state index contributed by atoms with van der Waals surface area (Å²) in [5.74, 6) is -2.31. The van der Waals surface area contributed by atoms with E-state index >= 15 is 0 Å². The Morgan fingerprint density at radius 3 is 2.17 bits per heavy atom. The van der Waals surface area contributed by atoms with Crippen molar-refractivity contribution in [2.75, 3.05) is 34.9 Å². The van der Waals surface area contributed by atoms with Crippen LogP contribution in [0.15, 0.2) is 12.4 Å². The molecular weight excluding hydrogens is 768 g/mol. The molecule has 1 aromatic heterocycles. The van der Waals surface area contributed by atoms with Crippen LogP contribution in [0.3, 0.4) is 0 Å². The molecule has 0 amide bonds. The van der Waals surface area contributed by atoms with Gasteiger partial charge in [-0.05, 0) is 87.7 Å². The van der Waals surface area contributed by atoms with Crippen LogP contribution in [0.25, 0.3) is 0 Å². The largest absolute Gasteiger partial charge is 0.480 e. The zero-order valence-corrected chi connectivity index (χ0v) is 37.7. The molecule has 5 N–H and O–H groups in total. The first-order chi connectivity index (χ1) is 27.5. The number of methoxy groups -OCH3 is 2. The molecule has 0 unspecified atom stereocenters. The van der Waals surface area contributed by atoms with Crippen LogP contribution in [0.1, 0.15) is 94.9 Å². The number of likely N-dealkylation sites (N-methyl/N-ethyl adjacent to an activating group) is 2. The highest BCUT2D eigenvalue weighted by Gasteiger charge is 2.53. The van der Waals surface area contributed by atoms with Gasteiger partial charge in [0.05, 0.1) is 67.1 Å². The van der Waals surface area contributed by atoms with Crippen LogP contribution in [0.2, 0.25) is 0 Å². The van der Waals surface area contributed by atoms with Gasteiger partial charge in [0, 0.05) is 32.0 Å². The highest BCUT2D eigenvalue weighted by Crippen LogP contribution is 2.40. The first-order valence-electron chi connectivity index (χ1n) is 21.1. The average Bonchev–Trinajstić information content (AvgIpc) is 3.18. The third-order valence-electron chi connectivity index (χ3n) is 13.0. The Labute approximate surface area is 350 Å².